The Balaban J connectivity index is 3.23. The lowest BCUT2D eigenvalue weighted by Crippen LogP contribution is -1.86. The lowest BCUT2D eigenvalue weighted by atomic mass is 10.2. The van der Waals surface area contributed by atoms with Crippen LogP contribution in [0.5, 0.6) is 5.75 Å². The standard InChI is InChI=1S/C8H6ClNO/c1-11-8-3-2-7(9)4-6(8)5-10/h2-4H,1H3/i1D3,3D. The third kappa shape index (κ3) is 1.63. The first kappa shape index (κ1) is 3.99. The van der Waals surface area contributed by atoms with Gasteiger partial charge in [0.05, 0.1) is 18.1 Å². The minimum absolute atomic E-state index is 0.0661. The number of benzene rings is 1. The maximum atomic E-state index is 8.71. The summed E-state index contributed by atoms with van der Waals surface area (Å²) in [4.78, 5) is 0. The van der Waals surface area contributed by atoms with E-state index in [-0.39, 0.29) is 22.4 Å². The molecule has 0 amide bonds. The van der Waals surface area contributed by atoms with Crippen molar-refractivity contribution in [3.63, 3.8) is 0 Å². The van der Waals surface area contributed by atoms with E-state index in [2.05, 4.69) is 4.74 Å². The molecule has 0 heterocycles. The minimum atomic E-state index is -2.69. The molecule has 0 atom stereocenters. The molecule has 3 heteroatoms. The zero-order chi connectivity index (χ0) is 11.6. The fourth-order valence-electron chi connectivity index (χ4n) is 0.625. The molecule has 0 aliphatic rings. The number of rotatable bonds is 1. The van der Waals surface area contributed by atoms with Crippen molar-refractivity contribution in [3.8, 4) is 11.8 Å². The second-order valence-electron chi connectivity index (χ2n) is 1.77. The summed E-state index contributed by atoms with van der Waals surface area (Å²) in [5.74, 6) is -0.276. The van der Waals surface area contributed by atoms with Gasteiger partial charge in [0.15, 0.2) is 0 Å². The zero-order valence-electron chi connectivity index (χ0n) is 9.39. The average molecular weight is 172 g/mol. The highest BCUT2D eigenvalue weighted by atomic mass is 35.5. The predicted octanol–water partition coefficient (Wildman–Crippen LogP) is 2.22. The summed E-state index contributed by atoms with van der Waals surface area (Å²) < 4.78 is 32.6. The van der Waals surface area contributed by atoms with Crippen LogP contribution >= 0.6 is 11.6 Å². The molecular formula is C8H6ClNO. The highest BCUT2D eigenvalue weighted by Gasteiger charge is 2.00. The summed E-state index contributed by atoms with van der Waals surface area (Å²) >= 11 is 5.60. The van der Waals surface area contributed by atoms with E-state index in [0.29, 0.717) is 0 Å². The number of nitrogens with zero attached hydrogens (tertiary/aromatic N) is 1. The Kier molecular flexibility index (Phi) is 1.18. The number of nitriles is 1. The molecule has 0 aliphatic heterocycles. The van der Waals surface area contributed by atoms with Crippen LogP contribution in [0.15, 0.2) is 18.2 Å². The molecular weight excluding hydrogens is 162 g/mol. The van der Waals surface area contributed by atoms with Crippen LogP contribution in [0.1, 0.15) is 11.0 Å². The fourth-order valence-corrected chi connectivity index (χ4v) is 0.788. The Morgan fingerprint density at radius 1 is 1.91 bits per heavy atom. The van der Waals surface area contributed by atoms with E-state index in [4.69, 9.17) is 22.3 Å². The fraction of sp³-hybridized carbons (Fsp3) is 0.125. The van der Waals surface area contributed by atoms with Crippen LogP contribution in [0.4, 0.5) is 0 Å². The molecule has 0 fully saturated rings. The van der Waals surface area contributed by atoms with Crippen LogP contribution < -0.4 is 4.74 Å². The monoisotopic (exact) mass is 171 g/mol. The molecule has 0 saturated heterocycles. The first-order valence-electron chi connectivity index (χ1n) is 4.73. The number of halogens is 1. The largest absolute Gasteiger partial charge is 0.495 e. The van der Waals surface area contributed by atoms with Crippen LogP contribution in [-0.4, -0.2) is 7.04 Å². The molecule has 1 rings (SSSR count). The van der Waals surface area contributed by atoms with E-state index in [1.165, 1.54) is 12.1 Å². The highest BCUT2D eigenvalue weighted by molar-refractivity contribution is 6.30. The zero-order valence-corrected chi connectivity index (χ0v) is 6.14. The third-order valence-corrected chi connectivity index (χ3v) is 1.31. The van der Waals surface area contributed by atoms with E-state index >= 15 is 0 Å². The Labute approximate surface area is 75.6 Å². The molecule has 0 spiro atoms. The van der Waals surface area contributed by atoms with E-state index in [1.54, 1.807) is 6.07 Å². The van der Waals surface area contributed by atoms with E-state index < -0.39 is 7.04 Å². The van der Waals surface area contributed by atoms with Gasteiger partial charge >= 0.3 is 0 Å². The van der Waals surface area contributed by atoms with Crippen molar-refractivity contribution in [1.82, 2.24) is 0 Å². The van der Waals surface area contributed by atoms with Gasteiger partial charge in [-0.3, -0.25) is 0 Å². The summed E-state index contributed by atoms with van der Waals surface area (Å²) in [6.45, 7) is 0. The highest BCUT2D eigenvalue weighted by Crippen LogP contribution is 2.20. The second-order valence-corrected chi connectivity index (χ2v) is 2.21. The molecule has 1 aromatic rings. The van der Waals surface area contributed by atoms with Crippen molar-refractivity contribution >= 4 is 11.6 Å². The van der Waals surface area contributed by atoms with Gasteiger partial charge in [-0.25, -0.2) is 0 Å². The van der Waals surface area contributed by atoms with Crippen molar-refractivity contribution in [2.45, 2.75) is 0 Å². The van der Waals surface area contributed by atoms with Crippen LogP contribution in [0, 0.1) is 11.3 Å². The van der Waals surface area contributed by atoms with Crippen molar-refractivity contribution in [3.05, 3.63) is 28.8 Å². The molecule has 0 bridgehead atoms. The first-order chi connectivity index (χ1) is 6.83. The summed E-state index contributed by atoms with van der Waals surface area (Å²) in [6.07, 6.45) is 0. The van der Waals surface area contributed by atoms with E-state index in [0.717, 1.165) is 0 Å². The van der Waals surface area contributed by atoms with Crippen LogP contribution in [-0.2, 0) is 0 Å². The van der Waals surface area contributed by atoms with Gasteiger partial charge < -0.3 is 4.74 Å². The molecule has 2 nitrogen and oxygen atoms in total. The Morgan fingerprint density at radius 2 is 2.73 bits per heavy atom. The Morgan fingerprint density at radius 3 is 3.36 bits per heavy atom. The van der Waals surface area contributed by atoms with Gasteiger partial charge in [-0.05, 0) is 18.2 Å². The summed E-state index contributed by atoms with van der Waals surface area (Å²) in [5, 5.41) is 8.90. The third-order valence-electron chi connectivity index (χ3n) is 1.09. The first-order valence-corrected chi connectivity index (χ1v) is 3.10. The van der Waals surface area contributed by atoms with Gasteiger partial charge in [0, 0.05) is 5.02 Å². The maximum Gasteiger partial charge on any atom is 0.136 e. The van der Waals surface area contributed by atoms with Crippen LogP contribution in [0.2, 0.25) is 5.02 Å². The molecule has 0 aliphatic carbocycles. The maximum absolute atomic E-state index is 8.71. The lowest BCUT2D eigenvalue weighted by Gasteiger charge is -2.00. The SMILES string of the molecule is [2H]c1cc(Cl)cc(C#N)c1OC([2H])([2H])[2H]. The average Bonchev–Trinajstić information content (AvgIpc) is 2.07. The summed E-state index contributed by atoms with van der Waals surface area (Å²) in [5.41, 5.74) is -0.0661. The second kappa shape index (κ2) is 3.27. The van der Waals surface area contributed by atoms with Crippen LogP contribution in [0.3, 0.4) is 0 Å². The molecule has 11 heavy (non-hydrogen) atoms. The number of hydrogen-bond acceptors (Lipinski definition) is 2. The van der Waals surface area contributed by atoms with Gasteiger partial charge in [0.25, 0.3) is 0 Å². The van der Waals surface area contributed by atoms with Crippen molar-refractivity contribution in [2.24, 2.45) is 0 Å². The molecule has 1 aromatic carbocycles. The molecule has 0 unspecified atom stereocenters. The molecule has 0 aromatic heterocycles. The normalized spacial score (nSPS) is 15.3. The Bertz CT molecular complexity index is 424. The van der Waals surface area contributed by atoms with Gasteiger partial charge in [-0.1, -0.05) is 11.6 Å². The minimum Gasteiger partial charge on any atom is -0.495 e. The number of hydrogen-bond donors (Lipinski definition) is 0. The number of methoxy groups -OCH3 is 1. The molecule has 56 valence electrons. The van der Waals surface area contributed by atoms with Crippen molar-refractivity contribution < 1.29 is 10.2 Å². The van der Waals surface area contributed by atoms with Gasteiger partial charge in [0.2, 0.25) is 0 Å². The van der Waals surface area contributed by atoms with Crippen molar-refractivity contribution in [1.29, 1.82) is 5.26 Å². The topological polar surface area (TPSA) is 33.0 Å². The predicted molar refractivity (Wildman–Crippen MR) is 42.7 cm³/mol. The summed E-state index contributed by atoms with van der Waals surface area (Å²) in [6, 6.07) is 3.96. The van der Waals surface area contributed by atoms with E-state index in [1.807, 2.05) is 0 Å². The van der Waals surface area contributed by atoms with Crippen LogP contribution in [0.25, 0.3) is 0 Å². The molecule has 0 radical (unpaired) electrons. The van der Waals surface area contributed by atoms with Gasteiger partial charge in [-0.15, -0.1) is 0 Å². The molecule has 0 N–H and O–H groups in total. The van der Waals surface area contributed by atoms with Gasteiger partial charge in [-0.2, -0.15) is 5.26 Å². The number of ether oxygens (including phenoxy) is 1. The van der Waals surface area contributed by atoms with Gasteiger partial charge in [0.1, 0.15) is 11.8 Å². The summed E-state index contributed by atoms with van der Waals surface area (Å²) in [7, 11) is -2.69. The smallest absolute Gasteiger partial charge is 0.136 e. The quantitative estimate of drug-likeness (QED) is 0.649. The van der Waals surface area contributed by atoms with Crippen molar-refractivity contribution in [2.75, 3.05) is 7.04 Å². The Hall–Kier alpha value is -1.20. The molecule has 0 saturated carbocycles. The van der Waals surface area contributed by atoms with E-state index in [9.17, 15) is 0 Å². The lowest BCUT2D eigenvalue weighted by molar-refractivity contribution is 0.413.